The Kier molecular flexibility index (Phi) is 4.22. The van der Waals surface area contributed by atoms with Gasteiger partial charge in [-0.25, -0.2) is 0 Å². The van der Waals surface area contributed by atoms with Gasteiger partial charge in [-0.1, -0.05) is 57.2 Å². The summed E-state index contributed by atoms with van der Waals surface area (Å²) in [5.41, 5.74) is 7.68. The lowest BCUT2D eigenvalue weighted by atomic mass is 9.87. The number of hydrogen-bond donors (Lipinski definition) is 0. The second-order valence-corrected chi connectivity index (χ2v) is 8.57. The van der Waals surface area contributed by atoms with Crippen molar-refractivity contribution in [3.05, 3.63) is 78.4 Å². The molecule has 3 aromatic carbocycles. The van der Waals surface area contributed by atoms with Gasteiger partial charge < -0.3 is 9.80 Å². The van der Waals surface area contributed by atoms with E-state index in [0.717, 1.165) is 0 Å². The van der Waals surface area contributed by atoms with Crippen LogP contribution in [0.4, 0.5) is 28.4 Å². The van der Waals surface area contributed by atoms with Gasteiger partial charge in [-0.3, -0.25) is 0 Å². The van der Waals surface area contributed by atoms with Gasteiger partial charge in [0.2, 0.25) is 0 Å². The van der Waals surface area contributed by atoms with Gasteiger partial charge in [-0.15, -0.1) is 0 Å². The summed E-state index contributed by atoms with van der Waals surface area (Å²) in [5, 5.41) is 0. The number of benzene rings is 3. The summed E-state index contributed by atoms with van der Waals surface area (Å²) in [7, 11) is 0. The Bertz CT molecular complexity index is 901. The van der Waals surface area contributed by atoms with E-state index in [1.807, 2.05) is 0 Å². The zero-order valence-corrected chi connectivity index (χ0v) is 16.9. The van der Waals surface area contributed by atoms with E-state index in [0.29, 0.717) is 6.04 Å². The van der Waals surface area contributed by atoms with Crippen LogP contribution in [-0.2, 0) is 5.41 Å². The highest BCUT2D eigenvalue weighted by Gasteiger charge is 2.30. The van der Waals surface area contributed by atoms with Crippen LogP contribution in [0.5, 0.6) is 0 Å². The van der Waals surface area contributed by atoms with Crippen molar-refractivity contribution in [1.29, 1.82) is 0 Å². The molecule has 0 spiro atoms. The molecule has 0 saturated heterocycles. The number of rotatable bonds is 2. The van der Waals surface area contributed by atoms with Crippen LogP contribution in [0, 0.1) is 0 Å². The predicted octanol–water partition coefficient (Wildman–Crippen LogP) is 7.31. The van der Waals surface area contributed by atoms with E-state index in [-0.39, 0.29) is 5.41 Å². The first-order valence-corrected chi connectivity index (χ1v) is 9.76. The third-order valence-corrected chi connectivity index (χ3v) is 5.27. The van der Waals surface area contributed by atoms with Crippen LogP contribution < -0.4 is 9.80 Å². The van der Waals surface area contributed by atoms with E-state index in [1.54, 1.807) is 0 Å². The van der Waals surface area contributed by atoms with Crippen molar-refractivity contribution in [3.8, 4) is 0 Å². The van der Waals surface area contributed by atoms with Crippen molar-refractivity contribution in [2.24, 2.45) is 0 Å². The highest BCUT2D eigenvalue weighted by molar-refractivity contribution is 5.97. The van der Waals surface area contributed by atoms with E-state index in [2.05, 4.69) is 117 Å². The molecule has 2 nitrogen and oxygen atoms in total. The van der Waals surface area contributed by atoms with E-state index < -0.39 is 0 Å². The summed E-state index contributed by atoms with van der Waals surface area (Å²) >= 11 is 0. The molecule has 138 valence electrons. The van der Waals surface area contributed by atoms with Gasteiger partial charge in [0, 0.05) is 11.7 Å². The molecule has 0 unspecified atom stereocenters. The maximum absolute atomic E-state index is 2.44. The lowest BCUT2D eigenvalue weighted by molar-refractivity contribution is 0.590. The molecule has 0 atom stereocenters. The average molecular weight is 357 g/mol. The van der Waals surface area contributed by atoms with Crippen molar-refractivity contribution >= 4 is 28.4 Å². The molecule has 0 N–H and O–H groups in total. The summed E-state index contributed by atoms with van der Waals surface area (Å²) in [6.45, 7) is 11.3. The van der Waals surface area contributed by atoms with E-state index in [1.165, 1.54) is 34.0 Å². The van der Waals surface area contributed by atoms with Crippen LogP contribution in [0.15, 0.2) is 72.8 Å². The van der Waals surface area contributed by atoms with Crippen LogP contribution in [0.3, 0.4) is 0 Å². The first-order chi connectivity index (χ1) is 12.9. The van der Waals surface area contributed by atoms with Gasteiger partial charge in [0.25, 0.3) is 0 Å². The molecule has 0 saturated carbocycles. The molecule has 1 aliphatic heterocycles. The molecule has 3 aromatic rings. The second kappa shape index (κ2) is 6.45. The minimum absolute atomic E-state index is 0.157. The topological polar surface area (TPSA) is 6.48 Å². The second-order valence-electron chi connectivity index (χ2n) is 8.57. The number of anilines is 5. The zero-order valence-electron chi connectivity index (χ0n) is 16.9. The third-order valence-electron chi connectivity index (χ3n) is 5.27. The summed E-state index contributed by atoms with van der Waals surface area (Å²) in [4.78, 5) is 4.82. The number of fused-ring (bicyclic) bond motifs is 2. The molecule has 0 bridgehead atoms. The molecule has 27 heavy (non-hydrogen) atoms. The largest absolute Gasteiger partial charge is 0.336 e. The fourth-order valence-electron chi connectivity index (χ4n) is 3.92. The molecular weight excluding hydrogens is 328 g/mol. The highest BCUT2D eigenvalue weighted by atomic mass is 15.3. The smallest absolute Gasteiger partial charge is 0.0699 e. The Morgan fingerprint density at radius 1 is 0.630 bits per heavy atom. The van der Waals surface area contributed by atoms with E-state index in [9.17, 15) is 0 Å². The molecule has 0 amide bonds. The van der Waals surface area contributed by atoms with Gasteiger partial charge in [0.05, 0.1) is 22.7 Å². The van der Waals surface area contributed by atoms with Gasteiger partial charge in [0.15, 0.2) is 0 Å². The van der Waals surface area contributed by atoms with Crippen LogP contribution in [0.2, 0.25) is 0 Å². The minimum atomic E-state index is 0.157. The number of nitrogens with zero attached hydrogens (tertiary/aromatic N) is 2. The van der Waals surface area contributed by atoms with Crippen LogP contribution >= 0.6 is 0 Å². The summed E-state index contributed by atoms with van der Waals surface area (Å²) in [6.07, 6.45) is 0. The molecular formula is C25H28N2. The Balaban J connectivity index is 1.90. The SMILES string of the molecule is CC(C)N1c2ccccc2N(c2ccc(C(C)(C)C)cc2)c2ccccc21. The summed E-state index contributed by atoms with van der Waals surface area (Å²) in [5.74, 6) is 0. The molecule has 1 aliphatic rings. The maximum atomic E-state index is 2.44. The van der Waals surface area contributed by atoms with Crippen LogP contribution in [0.1, 0.15) is 40.2 Å². The molecule has 0 aromatic heterocycles. The van der Waals surface area contributed by atoms with Gasteiger partial charge >= 0.3 is 0 Å². The lowest BCUT2D eigenvalue weighted by Gasteiger charge is -2.42. The zero-order chi connectivity index (χ0) is 19.2. The Morgan fingerprint density at radius 2 is 1.07 bits per heavy atom. The molecule has 2 heteroatoms. The standard InChI is InChI=1S/C25H28N2/c1-18(2)26-21-10-6-8-12-23(21)27(24-13-9-7-11-22(24)26)20-16-14-19(15-17-20)25(3,4)5/h6-18H,1-5H3. The van der Waals surface area contributed by atoms with Crippen molar-refractivity contribution in [3.63, 3.8) is 0 Å². The molecule has 0 fully saturated rings. The maximum Gasteiger partial charge on any atom is 0.0699 e. The lowest BCUT2D eigenvalue weighted by Crippen LogP contribution is -2.32. The molecule has 0 radical (unpaired) electrons. The summed E-state index contributed by atoms with van der Waals surface area (Å²) in [6, 6.07) is 26.8. The van der Waals surface area contributed by atoms with Gasteiger partial charge in [-0.2, -0.15) is 0 Å². The quantitative estimate of drug-likeness (QED) is 0.475. The van der Waals surface area contributed by atoms with Gasteiger partial charge in [0.1, 0.15) is 0 Å². The highest BCUT2D eigenvalue weighted by Crippen LogP contribution is 2.51. The Morgan fingerprint density at radius 3 is 1.48 bits per heavy atom. The van der Waals surface area contributed by atoms with Crippen molar-refractivity contribution < 1.29 is 0 Å². The number of hydrogen-bond acceptors (Lipinski definition) is 2. The average Bonchev–Trinajstić information content (AvgIpc) is 2.65. The van der Waals surface area contributed by atoms with E-state index in [4.69, 9.17) is 0 Å². The molecule has 4 rings (SSSR count). The van der Waals surface area contributed by atoms with E-state index >= 15 is 0 Å². The summed E-state index contributed by atoms with van der Waals surface area (Å²) < 4.78 is 0. The Hall–Kier alpha value is -2.74. The number of para-hydroxylation sites is 4. The van der Waals surface area contributed by atoms with Crippen molar-refractivity contribution in [2.45, 2.75) is 46.1 Å². The fraction of sp³-hybridized carbons (Fsp3) is 0.280. The van der Waals surface area contributed by atoms with Crippen LogP contribution in [-0.4, -0.2) is 6.04 Å². The molecule has 0 aliphatic carbocycles. The van der Waals surface area contributed by atoms with Crippen LogP contribution in [0.25, 0.3) is 0 Å². The first kappa shape index (κ1) is 17.7. The minimum Gasteiger partial charge on any atom is -0.336 e. The molecule has 1 heterocycles. The van der Waals surface area contributed by atoms with Crippen molar-refractivity contribution in [2.75, 3.05) is 9.80 Å². The third kappa shape index (κ3) is 2.99. The van der Waals surface area contributed by atoms with Gasteiger partial charge in [-0.05, 0) is 61.2 Å². The van der Waals surface area contributed by atoms with Crippen molar-refractivity contribution in [1.82, 2.24) is 0 Å². The normalized spacial score (nSPS) is 13.6. The predicted molar refractivity (Wildman–Crippen MR) is 117 cm³/mol. The monoisotopic (exact) mass is 356 g/mol. The Labute approximate surface area is 163 Å². The fourth-order valence-corrected chi connectivity index (χ4v) is 3.92. The first-order valence-electron chi connectivity index (χ1n) is 9.76.